The van der Waals surface area contributed by atoms with E-state index in [9.17, 15) is 9.59 Å². The highest BCUT2D eigenvalue weighted by Gasteiger charge is 2.22. The Morgan fingerprint density at radius 3 is 2.65 bits per heavy atom. The van der Waals surface area contributed by atoms with Gasteiger partial charge < -0.3 is 10.1 Å². The molecule has 2 N–H and O–H groups in total. The fourth-order valence-electron chi connectivity index (χ4n) is 1.65. The molecule has 0 bridgehead atoms. The molecule has 0 saturated carbocycles. The van der Waals surface area contributed by atoms with Crippen LogP contribution in [0.15, 0.2) is 23.9 Å². The largest absolute Gasteiger partial charge is 0.489 e. The van der Waals surface area contributed by atoms with E-state index >= 15 is 0 Å². The molecule has 1 aliphatic heterocycles. The molecule has 1 unspecified atom stereocenters. The maximum absolute atomic E-state index is 11.4. The summed E-state index contributed by atoms with van der Waals surface area (Å²) in [5.41, 5.74) is 0.903. The molecule has 3 amide bonds. The van der Waals surface area contributed by atoms with E-state index in [-0.39, 0.29) is 11.8 Å². The first-order chi connectivity index (χ1) is 9.49. The zero-order valence-corrected chi connectivity index (χ0v) is 12.0. The Kier molecular flexibility index (Phi) is 4.29. The van der Waals surface area contributed by atoms with Crippen molar-refractivity contribution in [2.75, 3.05) is 0 Å². The van der Waals surface area contributed by atoms with Crippen LogP contribution in [0.5, 0.6) is 5.75 Å². The average molecular weight is 295 g/mol. The van der Waals surface area contributed by atoms with Gasteiger partial charge in [0.15, 0.2) is 0 Å². The fourth-order valence-corrected chi connectivity index (χ4v) is 1.89. The summed E-state index contributed by atoms with van der Waals surface area (Å²) in [6.07, 6.45) is 2.52. The van der Waals surface area contributed by atoms with Crippen molar-refractivity contribution < 1.29 is 14.3 Å². The van der Waals surface area contributed by atoms with E-state index in [0.29, 0.717) is 16.3 Å². The van der Waals surface area contributed by atoms with Crippen LogP contribution in [0, 0.1) is 0 Å². The molecule has 1 atom stereocenters. The minimum Gasteiger partial charge on any atom is -0.489 e. The number of rotatable bonds is 4. The average Bonchev–Trinajstić information content (AvgIpc) is 2.71. The van der Waals surface area contributed by atoms with Crippen LogP contribution in [-0.2, 0) is 4.79 Å². The van der Waals surface area contributed by atoms with Crippen molar-refractivity contribution >= 4 is 29.6 Å². The maximum Gasteiger partial charge on any atom is 0.326 e. The number of hydrogen-bond donors (Lipinski definition) is 2. The predicted molar refractivity (Wildman–Crippen MR) is 76.5 cm³/mol. The van der Waals surface area contributed by atoms with Gasteiger partial charge in [-0.05, 0) is 37.1 Å². The lowest BCUT2D eigenvalue weighted by Crippen LogP contribution is -2.22. The maximum atomic E-state index is 11.4. The minimum atomic E-state index is -0.524. The topological polar surface area (TPSA) is 67.4 Å². The van der Waals surface area contributed by atoms with Crippen LogP contribution in [0.4, 0.5) is 4.79 Å². The van der Waals surface area contributed by atoms with E-state index in [4.69, 9.17) is 16.3 Å². The van der Waals surface area contributed by atoms with Crippen molar-refractivity contribution in [2.24, 2.45) is 0 Å². The molecule has 5 nitrogen and oxygen atoms in total. The number of nitrogens with one attached hydrogen (secondary N) is 2. The van der Waals surface area contributed by atoms with E-state index in [1.165, 1.54) is 0 Å². The van der Waals surface area contributed by atoms with Gasteiger partial charge in [-0.25, -0.2) is 4.79 Å². The number of carbonyl (C=O) groups is 2. The van der Waals surface area contributed by atoms with Crippen molar-refractivity contribution in [3.63, 3.8) is 0 Å². The normalized spacial score (nSPS) is 17.9. The summed E-state index contributed by atoms with van der Waals surface area (Å²) in [6, 6.07) is 4.68. The van der Waals surface area contributed by atoms with Gasteiger partial charge in [0, 0.05) is 0 Å². The highest BCUT2D eigenvalue weighted by Crippen LogP contribution is 2.27. The third kappa shape index (κ3) is 3.30. The van der Waals surface area contributed by atoms with Crippen molar-refractivity contribution in [2.45, 2.75) is 26.4 Å². The zero-order chi connectivity index (χ0) is 14.7. The Morgan fingerprint density at radius 2 is 2.10 bits per heavy atom. The van der Waals surface area contributed by atoms with Crippen molar-refractivity contribution in [3.05, 3.63) is 34.5 Å². The van der Waals surface area contributed by atoms with Gasteiger partial charge >= 0.3 is 6.03 Å². The standard InChI is InChI=1S/C14H15ClN2O3/c1-3-8(2)20-12-5-4-9(6-10(12)15)7-11-13(18)17-14(19)16-11/h4-8H,3H2,1-2H3,(H2,16,17,18,19)/b11-7-. The molecule has 1 saturated heterocycles. The lowest BCUT2D eigenvalue weighted by atomic mass is 10.2. The van der Waals surface area contributed by atoms with E-state index < -0.39 is 11.9 Å². The van der Waals surface area contributed by atoms with Crippen molar-refractivity contribution in [1.82, 2.24) is 10.6 Å². The van der Waals surface area contributed by atoms with Gasteiger partial charge in [0.05, 0.1) is 11.1 Å². The highest BCUT2D eigenvalue weighted by molar-refractivity contribution is 6.32. The van der Waals surface area contributed by atoms with Gasteiger partial charge in [0.1, 0.15) is 11.4 Å². The van der Waals surface area contributed by atoms with Crippen LogP contribution in [-0.4, -0.2) is 18.0 Å². The molecular weight excluding hydrogens is 280 g/mol. The Hall–Kier alpha value is -2.01. The van der Waals surface area contributed by atoms with Gasteiger partial charge in [-0.3, -0.25) is 10.1 Å². The molecule has 1 aromatic carbocycles. The summed E-state index contributed by atoms with van der Waals surface area (Å²) in [6.45, 7) is 3.99. The number of urea groups is 1. The van der Waals surface area contributed by atoms with Crippen LogP contribution < -0.4 is 15.4 Å². The molecule has 2 rings (SSSR count). The second-order valence-corrected chi connectivity index (χ2v) is 4.90. The van der Waals surface area contributed by atoms with Gasteiger partial charge in [-0.15, -0.1) is 0 Å². The lowest BCUT2D eigenvalue weighted by Gasteiger charge is -2.14. The van der Waals surface area contributed by atoms with Crippen LogP contribution in [0.3, 0.4) is 0 Å². The molecule has 0 radical (unpaired) electrons. The van der Waals surface area contributed by atoms with Crippen LogP contribution >= 0.6 is 11.6 Å². The molecule has 0 aromatic heterocycles. The predicted octanol–water partition coefficient (Wildman–Crippen LogP) is 2.70. The van der Waals surface area contributed by atoms with E-state index in [1.54, 1.807) is 24.3 Å². The number of carbonyl (C=O) groups excluding carboxylic acids is 2. The smallest absolute Gasteiger partial charge is 0.326 e. The summed E-state index contributed by atoms with van der Waals surface area (Å²) in [5.74, 6) is 0.147. The molecule has 0 aliphatic carbocycles. The number of ether oxygens (including phenoxy) is 1. The second-order valence-electron chi connectivity index (χ2n) is 4.49. The molecule has 106 valence electrons. The van der Waals surface area contributed by atoms with Crippen LogP contribution in [0.2, 0.25) is 5.02 Å². The molecular formula is C14H15ClN2O3. The minimum absolute atomic E-state index is 0.0802. The summed E-state index contributed by atoms with van der Waals surface area (Å²) in [5, 5.41) is 5.01. The summed E-state index contributed by atoms with van der Waals surface area (Å²) in [4.78, 5) is 22.4. The quantitative estimate of drug-likeness (QED) is 0.663. The lowest BCUT2D eigenvalue weighted by molar-refractivity contribution is -0.115. The Morgan fingerprint density at radius 1 is 1.35 bits per heavy atom. The van der Waals surface area contributed by atoms with Gasteiger partial charge in [0.25, 0.3) is 5.91 Å². The first-order valence-corrected chi connectivity index (χ1v) is 6.67. The number of imide groups is 1. The molecule has 6 heteroatoms. The SMILES string of the molecule is CCC(C)Oc1ccc(/C=C2\NC(=O)NC2=O)cc1Cl. The van der Waals surface area contributed by atoms with E-state index in [0.717, 1.165) is 6.42 Å². The van der Waals surface area contributed by atoms with E-state index in [2.05, 4.69) is 10.6 Å². The third-order valence-corrected chi connectivity index (χ3v) is 3.19. The Balaban J connectivity index is 2.19. The highest BCUT2D eigenvalue weighted by atomic mass is 35.5. The van der Waals surface area contributed by atoms with Crippen LogP contribution in [0.25, 0.3) is 6.08 Å². The summed E-state index contributed by atoms with van der Waals surface area (Å²) in [7, 11) is 0. The molecule has 0 spiro atoms. The number of halogens is 1. The Labute approximate surface area is 121 Å². The van der Waals surface area contributed by atoms with Gasteiger partial charge in [0.2, 0.25) is 0 Å². The molecule has 1 heterocycles. The van der Waals surface area contributed by atoms with Gasteiger partial charge in [-0.2, -0.15) is 0 Å². The summed E-state index contributed by atoms with van der Waals surface area (Å²) < 4.78 is 5.66. The van der Waals surface area contributed by atoms with Crippen molar-refractivity contribution in [3.8, 4) is 5.75 Å². The number of benzene rings is 1. The zero-order valence-electron chi connectivity index (χ0n) is 11.2. The molecule has 1 aliphatic rings. The van der Waals surface area contributed by atoms with Crippen LogP contribution in [0.1, 0.15) is 25.8 Å². The van der Waals surface area contributed by atoms with Crippen molar-refractivity contribution in [1.29, 1.82) is 0 Å². The summed E-state index contributed by atoms with van der Waals surface area (Å²) >= 11 is 6.14. The Bertz CT molecular complexity index is 584. The third-order valence-electron chi connectivity index (χ3n) is 2.89. The number of amides is 3. The molecule has 1 fully saturated rings. The monoisotopic (exact) mass is 294 g/mol. The first kappa shape index (κ1) is 14.4. The molecule has 20 heavy (non-hydrogen) atoms. The van der Waals surface area contributed by atoms with E-state index in [1.807, 2.05) is 13.8 Å². The molecule has 1 aromatic rings. The first-order valence-electron chi connectivity index (χ1n) is 6.30. The van der Waals surface area contributed by atoms with Gasteiger partial charge in [-0.1, -0.05) is 24.6 Å². The second kappa shape index (κ2) is 5.96. The number of hydrogen-bond acceptors (Lipinski definition) is 3. The fraction of sp³-hybridized carbons (Fsp3) is 0.286.